The average Bonchev–Trinajstić information content (AvgIpc) is 3.38. The second-order valence-corrected chi connectivity index (χ2v) is 10.9. The molecule has 31 heavy (non-hydrogen) atoms. The van der Waals surface area contributed by atoms with Gasteiger partial charge in [-0.05, 0) is 24.7 Å². The van der Waals surface area contributed by atoms with Gasteiger partial charge in [-0.15, -0.1) is 0 Å². The Morgan fingerprint density at radius 3 is 2.39 bits per heavy atom. The van der Waals surface area contributed by atoms with E-state index in [1.165, 1.54) is 14.0 Å². The Kier molecular flexibility index (Phi) is 3.26. The normalized spacial score (nSPS) is 58.5. The van der Waals surface area contributed by atoms with E-state index in [0.717, 1.165) is 0 Å². The number of methoxy groups -OCH3 is 1. The van der Waals surface area contributed by atoms with E-state index in [-0.39, 0.29) is 5.92 Å². The summed E-state index contributed by atoms with van der Waals surface area (Å²) in [6.07, 6.45) is -5.92. The fraction of sp³-hybridized carbons (Fsp3) is 0.857. The van der Waals surface area contributed by atoms with E-state index >= 15 is 0 Å². The van der Waals surface area contributed by atoms with Crippen molar-refractivity contribution in [1.82, 2.24) is 0 Å². The Bertz CT molecular complexity index is 941. The van der Waals surface area contributed by atoms with Crippen molar-refractivity contribution in [2.45, 2.75) is 76.0 Å². The van der Waals surface area contributed by atoms with Crippen molar-refractivity contribution in [3.8, 4) is 0 Å². The number of hydrogen-bond acceptors (Lipinski definition) is 10. The lowest BCUT2D eigenvalue weighted by Gasteiger charge is -2.48. The molecule has 170 valence electrons. The Morgan fingerprint density at radius 1 is 1.10 bits per heavy atom. The van der Waals surface area contributed by atoms with Gasteiger partial charge < -0.3 is 33.9 Å². The first-order chi connectivity index (χ1) is 14.4. The van der Waals surface area contributed by atoms with Crippen LogP contribution in [-0.2, 0) is 38.1 Å². The fourth-order valence-electron chi connectivity index (χ4n) is 8.38. The number of aliphatic hydroxyl groups is 2. The zero-order valence-electron chi connectivity index (χ0n) is 17.9. The van der Waals surface area contributed by atoms with E-state index < -0.39 is 82.0 Å². The minimum Gasteiger partial charge on any atom is -0.459 e. The zero-order chi connectivity index (χ0) is 22.5. The molecular formula is C21H26O10. The number of fused-ring (bicyclic) bond motifs is 1. The summed E-state index contributed by atoms with van der Waals surface area (Å²) in [6.45, 7) is 7.39. The van der Waals surface area contributed by atoms with Crippen LogP contribution in [0.15, 0.2) is 0 Å². The predicted molar refractivity (Wildman–Crippen MR) is 96.8 cm³/mol. The van der Waals surface area contributed by atoms with Crippen LogP contribution in [0.3, 0.4) is 0 Å². The highest BCUT2D eigenvalue weighted by Crippen LogP contribution is 2.84. The largest absolute Gasteiger partial charge is 0.459 e. The monoisotopic (exact) mass is 437 g/mol. The molecule has 5 unspecified atom stereocenters. The van der Waals surface area contributed by atoms with Crippen molar-refractivity contribution < 1.29 is 48.3 Å². The molecule has 0 amide bonds. The van der Waals surface area contributed by atoms with Gasteiger partial charge in [0.05, 0.1) is 16.7 Å². The third kappa shape index (κ3) is 1.49. The summed E-state index contributed by atoms with van der Waals surface area (Å²) in [5, 5.41) is 23.7. The average molecular weight is 437 g/mol. The minimum atomic E-state index is -2.19. The van der Waals surface area contributed by atoms with Crippen LogP contribution in [0.1, 0.15) is 34.1 Å². The van der Waals surface area contributed by atoms with Crippen molar-refractivity contribution in [3.63, 3.8) is 0 Å². The molecule has 2 saturated carbocycles. The lowest BCUT2D eigenvalue weighted by molar-refractivity contribution is -0.239. The van der Waals surface area contributed by atoms with Gasteiger partial charge in [-0.1, -0.05) is 20.8 Å². The molecule has 6 aliphatic rings. The van der Waals surface area contributed by atoms with E-state index in [1.54, 1.807) is 0 Å². The summed E-state index contributed by atoms with van der Waals surface area (Å²) in [7, 11) is 1.36. The fourth-order valence-corrected chi connectivity index (χ4v) is 8.38. The van der Waals surface area contributed by atoms with Gasteiger partial charge in [0.25, 0.3) is 0 Å². The Hall–Kier alpha value is -1.75. The lowest BCUT2D eigenvalue weighted by Crippen LogP contribution is -2.67. The molecule has 4 aliphatic heterocycles. The summed E-state index contributed by atoms with van der Waals surface area (Å²) in [5.74, 6) is -3.79. The van der Waals surface area contributed by atoms with Gasteiger partial charge in [0.15, 0.2) is 17.8 Å². The minimum absolute atomic E-state index is 0.315. The van der Waals surface area contributed by atoms with Crippen LogP contribution in [0.4, 0.5) is 0 Å². The van der Waals surface area contributed by atoms with Crippen LogP contribution < -0.4 is 0 Å². The van der Waals surface area contributed by atoms with E-state index in [9.17, 15) is 24.6 Å². The zero-order valence-corrected chi connectivity index (χ0v) is 17.9. The molecule has 2 spiro atoms. The molecule has 10 heteroatoms. The molecule has 6 rings (SSSR count). The van der Waals surface area contributed by atoms with E-state index in [4.69, 9.17) is 23.7 Å². The van der Waals surface area contributed by atoms with Crippen molar-refractivity contribution >= 4 is 17.9 Å². The van der Waals surface area contributed by atoms with Crippen LogP contribution in [-0.4, -0.2) is 77.1 Å². The molecule has 0 aromatic rings. The van der Waals surface area contributed by atoms with Crippen LogP contribution in [0.2, 0.25) is 0 Å². The number of ether oxygens (including phenoxy) is 5. The summed E-state index contributed by atoms with van der Waals surface area (Å²) in [6, 6.07) is 0. The van der Waals surface area contributed by atoms with Crippen LogP contribution >= 0.6 is 0 Å². The number of hydrogen-bond donors (Lipinski definition) is 2. The maximum Gasteiger partial charge on any atom is 0.343 e. The van der Waals surface area contributed by atoms with Gasteiger partial charge in [-0.2, -0.15) is 0 Å². The van der Waals surface area contributed by atoms with Gasteiger partial charge in [0.1, 0.15) is 12.2 Å². The summed E-state index contributed by atoms with van der Waals surface area (Å²) < 4.78 is 28.7. The third-order valence-electron chi connectivity index (χ3n) is 9.20. The molecular weight excluding hydrogens is 411 g/mol. The topological polar surface area (TPSA) is 138 Å². The van der Waals surface area contributed by atoms with Gasteiger partial charge in [-0.25, -0.2) is 9.59 Å². The van der Waals surface area contributed by atoms with E-state index in [2.05, 4.69) is 0 Å². The van der Waals surface area contributed by atoms with Crippen molar-refractivity contribution in [1.29, 1.82) is 0 Å². The van der Waals surface area contributed by atoms with E-state index in [0.29, 0.717) is 6.42 Å². The molecule has 0 aromatic heterocycles. The molecule has 2 N–H and O–H groups in total. The molecule has 0 aromatic carbocycles. The molecule has 4 heterocycles. The lowest BCUT2D eigenvalue weighted by atomic mass is 9.51. The van der Waals surface area contributed by atoms with Gasteiger partial charge >= 0.3 is 17.9 Å². The number of esters is 3. The molecule has 4 saturated heterocycles. The maximum absolute atomic E-state index is 13.5. The Labute approximate surface area is 178 Å². The molecule has 10 nitrogen and oxygen atoms in total. The quantitative estimate of drug-likeness (QED) is 0.399. The number of aliphatic hydroxyl groups excluding tert-OH is 1. The second-order valence-electron chi connectivity index (χ2n) is 10.9. The number of carbonyl (C=O) groups excluding carboxylic acids is 3. The first-order valence-corrected chi connectivity index (χ1v) is 10.6. The summed E-state index contributed by atoms with van der Waals surface area (Å²) in [5.41, 5.74) is -7.69. The van der Waals surface area contributed by atoms with Crippen molar-refractivity contribution in [2.24, 2.45) is 28.1 Å². The highest BCUT2D eigenvalue weighted by Gasteiger charge is 3.04. The summed E-state index contributed by atoms with van der Waals surface area (Å²) >= 11 is 0. The van der Waals surface area contributed by atoms with Crippen molar-refractivity contribution in [3.05, 3.63) is 0 Å². The second kappa shape index (κ2) is 5.08. The highest BCUT2D eigenvalue weighted by atomic mass is 16.8. The van der Waals surface area contributed by atoms with Crippen LogP contribution in [0.25, 0.3) is 0 Å². The van der Waals surface area contributed by atoms with Gasteiger partial charge in [0.2, 0.25) is 11.9 Å². The molecule has 2 aliphatic carbocycles. The predicted octanol–water partition coefficient (Wildman–Crippen LogP) is -0.715. The maximum atomic E-state index is 13.5. The first kappa shape index (κ1) is 19.9. The molecule has 0 radical (unpaired) electrons. The van der Waals surface area contributed by atoms with Crippen molar-refractivity contribution in [2.75, 3.05) is 7.11 Å². The van der Waals surface area contributed by atoms with Crippen LogP contribution in [0.5, 0.6) is 0 Å². The number of carbonyl (C=O) groups is 3. The summed E-state index contributed by atoms with van der Waals surface area (Å²) in [4.78, 5) is 38.8. The van der Waals surface area contributed by atoms with Crippen LogP contribution in [0, 0.1) is 28.1 Å². The molecule has 0 bridgehead atoms. The highest BCUT2D eigenvalue weighted by molar-refractivity contribution is 5.94. The molecule has 6 fully saturated rings. The number of rotatable bonds is 1. The van der Waals surface area contributed by atoms with Gasteiger partial charge in [-0.3, -0.25) is 4.79 Å². The molecule has 11 atom stereocenters. The Balaban J connectivity index is 1.72. The van der Waals surface area contributed by atoms with E-state index in [1.807, 2.05) is 20.8 Å². The Morgan fingerprint density at radius 2 is 1.77 bits per heavy atom. The third-order valence-corrected chi connectivity index (χ3v) is 9.20. The first-order valence-electron chi connectivity index (χ1n) is 10.6. The smallest absolute Gasteiger partial charge is 0.343 e. The van der Waals surface area contributed by atoms with Gasteiger partial charge in [0, 0.05) is 7.11 Å². The SMILES string of the molecule is C[C@@H]1C(=O)OC2[C@H](O)[C@@]34C5C[C@@H](C(C)(C)C)C36C(OC(=O)[C@@H]6O[11CH3])OC4(C(=O)O5)[C@]21O. The standard InChI is InChI=1S/C21H26O10/c1-7-13(23)29-11-10(22)19-9-6-8(17(2,3)4)18(19)12(27-5)14(24)30-16(18)31-21(19,15(25)28-9)20(7,11)26/h7-12,16,22,26H,6H2,1-5H3/t7-,8+,9?,10+,11?,12+,16?,18?,19+,20-,21?/m1/s1/i5-1.